The number of nitrogens with one attached hydrogen (secondary N) is 1. The summed E-state index contributed by atoms with van der Waals surface area (Å²) >= 11 is 0. The van der Waals surface area contributed by atoms with Gasteiger partial charge in [0.05, 0.1) is 12.2 Å². The smallest absolute Gasteiger partial charge is 0.241 e. The molecule has 2 unspecified atom stereocenters. The molecule has 0 bridgehead atoms. The zero-order chi connectivity index (χ0) is 14.9. The number of hydrogen-bond donors (Lipinski definition) is 1. The molecule has 0 aromatic heterocycles. The van der Waals surface area contributed by atoms with Crippen LogP contribution in [0, 0.1) is 11.3 Å². The summed E-state index contributed by atoms with van der Waals surface area (Å²) in [6, 6.07) is 0.0252. The van der Waals surface area contributed by atoms with Crippen molar-refractivity contribution < 1.29 is 4.79 Å². The van der Waals surface area contributed by atoms with Gasteiger partial charge in [0, 0.05) is 6.54 Å². The summed E-state index contributed by atoms with van der Waals surface area (Å²) in [5, 5.41) is 3.52. The maximum Gasteiger partial charge on any atom is 0.241 e. The molecular formula is C16H31N3O. The molecule has 2 fully saturated rings. The lowest BCUT2D eigenvalue weighted by molar-refractivity contribution is -0.132. The van der Waals surface area contributed by atoms with E-state index in [1.54, 1.807) is 0 Å². The van der Waals surface area contributed by atoms with Gasteiger partial charge in [-0.2, -0.15) is 0 Å². The van der Waals surface area contributed by atoms with Crippen molar-refractivity contribution in [3.8, 4) is 0 Å². The predicted octanol–water partition coefficient (Wildman–Crippen LogP) is 1.91. The number of carbonyl (C=O) groups excluding carboxylic acids is 1. The Labute approximate surface area is 123 Å². The minimum atomic E-state index is 0.0252. The second-order valence-corrected chi connectivity index (χ2v) is 7.40. The summed E-state index contributed by atoms with van der Waals surface area (Å²) in [7, 11) is 2.19. The molecule has 20 heavy (non-hydrogen) atoms. The van der Waals surface area contributed by atoms with Crippen molar-refractivity contribution in [3.05, 3.63) is 0 Å². The van der Waals surface area contributed by atoms with Gasteiger partial charge >= 0.3 is 0 Å². The molecule has 0 aromatic rings. The van der Waals surface area contributed by atoms with Crippen LogP contribution in [0.2, 0.25) is 0 Å². The van der Waals surface area contributed by atoms with Gasteiger partial charge in [-0.05, 0) is 50.7 Å². The molecule has 0 saturated carbocycles. The van der Waals surface area contributed by atoms with Crippen LogP contribution >= 0.6 is 0 Å². The molecule has 0 aliphatic carbocycles. The number of rotatable bonds is 4. The standard InChI is InChI=1S/C16H31N3O/c1-6-13-15(20)19(14(17-13)12(2)3)11-16(4)7-9-18(5)10-8-16/h12-14,17H,6-11H2,1-5H3. The third kappa shape index (κ3) is 3.17. The molecule has 2 rings (SSSR count). The molecule has 0 radical (unpaired) electrons. The van der Waals surface area contributed by atoms with E-state index < -0.39 is 0 Å². The van der Waals surface area contributed by atoms with Crippen molar-refractivity contribution in [2.75, 3.05) is 26.7 Å². The quantitative estimate of drug-likeness (QED) is 0.855. The molecule has 2 aliphatic heterocycles. The molecule has 2 atom stereocenters. The minimum absolute atomic E-state index is 0.0252. The fourth-order valence-corrected chi connectivity index (χ4v) is 3.45. The van der Waals surface area contributed by atoms with Crippen LogP contribution in [0.3, 0.4) is 0 Å². The van der Waals surface area contributed by atoms with Crippen LogP contribution in [-0.2, 0) is 4.79 Å². The number of hydrogen-bond acceptors (Lipinski definition) is 3. The van der Waals surface area contributed by atoms with Gasteiger partial charge in [0.25, 0.3) is 0 Å². The van der Waals surface area contributed by atoms with Gasteiger partial charge in [-0.3, -0.25) is 10.1 Å². The zero-order valence-electron chi connectivity index (χ0n) is 13.8. The number of likely N-dealkylation sites (tertiary alicyclic amines) is 1. The molecule has 2 aliphatic rings. The van der Waals surface area contributed by atoms with Gasteiger partial charge in [-0.15, -0.1) is 0 Å². The van der Waals surface area contributed by atoms with Crippen LogP contribution in [-0.4, -0.2) is 54.6 Å². The second kappa shape index (κ2) is 6.02. The first-order valence-electron chi connectivity index (χ1n) is 8.11. The predicted molar refractivity (Wildman–Crippen MR) is 82.4 cm³/mol. The zero-order valence-corrected chi connectivity index (χ0v) is 13.8. The van der Waals surface area contributed by atoms with E-state index in [9.17, 15) is 4.79 Å². The van der Waals surface area contributed by atoms with Gasteiger partial charge in [0.15, 0.2) is 0 Å². The number of carbonyl (C=O) groups is 1. The third-order valence-electron chi connectivity index (χ3n) is 5.07. The molecule has 1 N–H and O–H groups in total. The first kappa shape index (κ1) is 15.8. The largest absolute Gasteiger partial charge is 0.325 e. The van der Waals surface area contributed by atoms with Crippen LogP contribution in [0.4, 0.5) is 0 Å². The Morgan fingerprint density at radius 3 is 2.45 bits per heavy atom. The Hall–Kier alpha value is -0.610. The van der Waals surface area contributed by atoms with Gasteiger partial charge < -0.3 is 9.80 Å². The average Bonchev–Trinajstić information content (AvgIpc) is 2.71. The summed E-state index contributed by atoms with van der Waals surface area (Å²) < 4.78 is 0. The topological polar surface area (TPSA) is 35.6 Å². The van der Waals surface area contributed by atoms with E-state index in [4.69, 9.17) is 0 Å². The van der Waals surface area contributed by atoms with Gasteiger partial charge in [0.2, 0.25) is 5.91 Å². The van der Waals surface area contributed by atoms with Gasteiger partial charge in [-0.25, -0.2) is 0 Å². The fourth-order valence-electron chi connectivity index (χ4n) is 3.45. The molecule has 116 valence electrons. The molecule has 4 nitrogen and oxygen atoms in total. The van der Waals surface area contributed by atoms with E-state index in [2.05, 4.69) is 49.9 Å². The Kier molecular flexibility index (Phi) is 4.75. The first-order valence-corrected chi connectivity index (χ1v) is 8.11. The van der Waals surface area contributed by atoms with Crippen molar-refractivity contribution in [3.63, 3.8) is 0 Å². The van der Waals surface area contributed by atoms with Crippen LogP contribution < -0.4 is 5.32 Å². The van der Waals surface area contributed by atoms with E-state index in [0.717, 1.165) is 26.1 Å². The average molecular weight is 281 g/mol. The normalized spacial score (nSPS) is 31.3. The molecule has 0 aromatic carbocycles. The second-order valence-electron chi connectivity index (χ2n) is 7.40. The summed E-state index contributed by atoms with van der Waals surface area (Å²) in [4.78, 5) is 17.1. The van der Waals surface area contributed by atoms with Crippen molar-refractivity contribution >= 4 is 5.91 Å². The molecule has 1 amide bonds. The highest BCUT2D eigenvalue weighted by molar-refractivity contribution is 5.84. The summed E-state index contributed by atoms with van der Waals surface area (Å²) in [6.07, 6.45) is 3.48. The van der Waals surface area contributed by atoms with Crippen molar-refractivity contribution in [1.29, 1.82) is 0 Å². The summed E-state index contributed by atoms with van der Waals surface area (Å²) in [6.45, 7) is 12.1. The molecule has 0 spiro atoms. The van der Waals surface area contributed by atoms with E-state index in [-0.39, 0.29) is 17.6 Å². The number of amides is 1. The van der Waals surface area contributed by atoms with Crippen molar-refractivity contribution in [2.45, 2.75) is 59.2 Å². The monoisotopic (exact) mass is 281 g/mol. The highest BCUT2D eigenvalue weighted by atomic mass is 16.2. The highest BCUT2D eigenvalue weighted by Gasteiger charge is 2.42. The minimum Gasteiger partial charge on any atom is -0.325 e. The molecular weight excluding hydrogens is 250 g/mol. The maximum atomic E-state index is 12.6. The first-order chi connectivity index (χ1) is 9.36. The van der Waals surface area contributed by atoms with E-state index in [1.807, 2.05) is 0 Å². The number of piperidine rings is 1. The summed E-state index contributed by atoms with van der Waals surface area (Å²) in [5.41, 5.74) is 0.277. The third-order valence-corrected chi connectivity index (χ3v) is 5.07. The Balaban J connectivity index is 2.07. The maximum absolute atomic E-state index is 12.6. The lowest BCUT2D eigenvalue weighted by atomic mass is 9.79. The molecule has 2 saturated heterocycles. The Bertz CT molecular complexity index is 348. The van der Waals surface area contributed by atoms with E-state index >= 15 is 0 Å². The highest BCUT2D eigenvalue weighted by Crippen LogP contribution is 2.34. The fraction of sp³-hybridized carbons (Fsp3) is 0.938. The Morgan fingerprint density at radius 2 is 1.95 bits per heavy atom. The van der Waals surface area contributed by atoms with Crippen LogP contribution in [0.5, 0.6) is 0 Å². The van der Waals surface area contributed by atoms with Crippen LogP contribution in [0.25, 0.3) is 0 Å². The van der Waals surface area contributed by atoms with Crippen LogP contribution in [0.1, 0.15) is 47.0 Å². The lowest BCUT2D eigenvalue weighted by Gasteiger charge is -2.42. The van der Waals surface area contributed by atoms with E-state index in [1.165, 1.54) is 12.8 Å². The van der Waals surface area contributed by atoms with Crippen molar-refractivity contribution in [1.82, 2.24) is 15.1 Å². The molecule has 2 heterocycles. The SMILES string of the molecule is CCC1NC(C(C)C)N(CC2(C)CCN(C)CC2)C1=O. The van der Waals surface area contributed by atoms with Gasteiger partial charge in [0.1, 0.15) is 0 Å². The van der Waals surface area contributed by atoms with Crippen LogP contribution in [0.15, 0.2) is 0 Å². The summed E-state index contributed by atoms with van der Waals surface area (Å²) in [5.74, 6) is 0.775. The molecule has 4 heteroatoms. The van der Waals surface area contributed by atoms with E-state index in [0.29, 0.717) is 11.8 Å². The number of nitrogens with zero attached hydrogens (tertiary/aromatic N) is 2. The Morgan fingerprint density at radius 1 is 1.35 bits per heavy atom. The van der Waals surface area contributed by atoms with Gasteiger partial charge in [-0.1, -0.05) is 27.7 Å². The lowest BCUT2D eigenvalue weighted by Crippen LogP contribution is -2.49. The van der Waals surface area contributed by atoms with Crippen molar-refractivity contribution in [2.24, 2.45) is 11.3 Å².